The molecule has 196 valence electrons. The minimum atomic E-state index is -4.32. The van der Waals surface area contributed by atoms with Gasteiger partial charge in [-0.25, -0.2) is 4.98 Å². The van der Waals surface area contributed by atoms with Gasteiger partial charge in [0, 0.05) is 11.1 Å². The van der Waals surface area contributed by atoms with Gasteiger partial charge in [-0.2, -0.15) is 13.2 Å². The Morgan fingerprint density at radius 1 is 1.16 bits per heavy atom. The molecule has 1 aliphatic rings. The summed E-state index contributed by atoms with van der Waals surface area (Å²) < 4.78 is 44.8. The number of fused-ring (bicyclic) bond motifs is 1. The van der Waals surface area contributed by atoms with Crippen LogP contribution in [0.5, 0.6) is 0 Å². The van der Waals surface area contributed by atoms with Crippen LogP contribution in [0.1, 0.15) is 52.2 Å². The number of pyridine rings is 1. The number of allylic oxidation sites excluding steroid dienone is 1. The van der Waals surface area contributed by atoms with E-state index in [-0.39, 0.29) is 23.4 Å². The van der Waals surface area contributed by atoms with Crippen LogP contribution in [0.15, 0.2) is 34.8 Å². The van der Waals surface area contributed by atoms with E-state index < -0.39 is 12.7 Å². The average Bonchev–Trinajstić information content (AvgIpc) is 3.28. The number of aryl methyl sites for hydroxylation is 1. The summed E-state index contributed by atoms with van der Waals surface area (Å²) >= 11 is 0. The minimum absolute atomic E-state index is 0.0733. The third kappa shape index (κ3) is 6.79. The average molecular weight is 514 g/mol. The number of alkyl halides is 3. The van der Waals surface area contributed by atoms with Crippen LogP contribution >= 0.6 is 0 Å². The molecular formula is C27H32F3N6O+. The topological polar surface area (TPSA) is 80.2 Å². The van der Waals surface area contributed by atoms with Crippen molar-refractivity contribution in [3.8, 4) is 17.7 Å². The number of nitrogens with one attached hydrogen (secondary N) is 2. The molecule has 1 unspecified atom stereocenters. The maximum atomic E-state index is 13.0. The van der Waals surface area contributed by atoms with Crippen molar-refractivity contribution in [1.82, 2.24) is 15.2 Å². The van der Waals surface area contributed by atoms with Gasteiger partial charge in [0.1, 0.15) is 18.3 Å². The molecule has 4 rings (SSSR count). The predicted octanol–water partition coefficient (Wildman–Crippen LogP) is 6.83. The van der Waals surface area contributed by atoms with Crippen LogP contribution in [-0.2, 0) is 11.8 Å². The summed E-state index contributed by atoms with van der Waals surface area (Å²) in [6, 6.07) is 8.38. The van der Waals surface area contributed by atoms with Crippen molar-refractivity contribution in [3.05, 3.63) is 46.3 Å². The fourth-order valence-corrected chi connectivity index (χ4v) is 4.09. The molecule has 3 heterocycles. The normalized spacial score (nSPS) is 15.6. The molecule has 1 atom stereocenters. The highest BCUT2D eigenvalue weighted by Crippen LogP contribution is 2.36. The lowest BCUT2D eigenvalue weighted by atomic mass is 9.84. The Morgan fingerprint density at radius 3 is 2.59 bits per heavy atom. The van der Waals surface area contributed by atoms with Gasteiger partial charge >= 0.3 is 18.3 Å². The molecular weight excluding hydrogens is 481 g/mol. The van der Waals surface area contributed by atoms with E-state index in [4.69, 9.17) is 9.40 Å². The molecule has 0 bridgehead atoms. The fraction of sp³-hybridized carbons (Fsp3) is 0.481. The van der Waals surface area contributed by atoms with Crippen LogP contribution < -0.4 is 10.6 Å². The standard InChI is InChI=1S/C27H32F3N6O/c1-16(2)8-9-17-11-22(24-35-36-25(37-24)33-18-7-6-10-31-14-18)34-23-20(17)12-19(32-15-27(28,29)30)13-21(23)26(3,4)5/h6-7,11-13,16,18,32H,8-9,14-15H2,1-5H3,(H,33,36)/q+1. The van der Waals surface area contributed by atoms with E-state index in [1.54, 1.807) is 18.2 Å². The molecule has 0 spiro atoms. The van der Waals surface area contributed by atoms with Gasteiger partial charge in [-0.05, 0) is 59.6 Å². The summed E-state index contributed by atoms with van der Waals surface area (Å²) in [6.07, 6.45) is 0.967. The largest absolute Gasteiger partial charge is 0.405 e. The van der Waals surface area contributed by atoms with Crippen molar-refractivity contribution in [1.29, 1.82) is 0 Å². The third-order valence-electron chi connectivity index (χ3n) is 6.03. The lowest BCUT2D eigenvalue weighted by molar-refractivity contribution is -0.115. The number of anilines is 2. The Balaban J connectivity index is 1.79. The highest BCUT2D eigenvalue weighted by atomic mass is 19.4. The third-order valence-corrected chi connectivity index (χ3v) is 6.03. The summed E-state index contributed by atoms with van der Waals surface area (Å²) in [5, 5.41) is 14.8. The number of halogens is 3. The summed E-state index contributed by atoms with van der Waals surface area (Å²) in [5.41, 5.74) is 3.10. The lowest BCUT2D eigenvalue weighted by Gasteiger charge is -2.24. The van der Waals surface area contributed by atoms with Crippen LogP contribution in [-0.4, -0.2) is 40.5 Å². The van der Waals surface area contributed by atoms with Gasteiger partial charge in [0.2, 0.25) is 0 Å². The predicted molar refractivity (Wildman–Crippen MR) is 140 cm³/mol. The van der Waals surface area contributed by atoms with E-state index in [9.17, 15) is 13.2 Å². The Bertz CT molecular complexity index is 1360. The maximum absolute atomic E-state index is 13.0. The SMILES string of the molecule is CC(C)CCc1cc(-c2nnc(NC3C=CC#[N+]C3)o2)nc2c(C(C)(C)C)cc(NCC(F)(F)F)cc12. The van der Waals surface area contributed by atoms with Crippen LogP contribution in [0, 0.1) is 12.0 Å². The first-order chi connectivity index (χ1) is 17.4. The monoisotopic (exact) mass is 513 g/mol. The number of hydrogen-bond donors (Lipinski definition) is 2. The summed E-state index contributed by atoms with van der Waals surface area (Å²) in [7, 11) is 0. The lowest BCUT2D eigenvalue weighted by Crippen LogP contribution is -2.22. The first kappa shape index (κ1) is 26.5. The second kappa shape index (κ2) is 10.4. The van der Waals surface area contributed by atoms with Crippen molar-refractivity contribution < 1.29 is 17.6 Å². The summed E-state index contributed by atoms with van der Waals surface area (Å²) in [5.74, 6) is 0.715. The number of rotatable bonds is 8. The van der Waals surface area contributed by atoms with E-state index in [0.717, 1.165) is 29.4 Å². The van der Waals surface area contributed by atoms with E-state index in [2.05, 4.69) is 45.6 Å². The zero-order chi connectivity index (χ0) is 26.8. The van der Waals surface area contributed by atoms with E-state index in [1.165, 1.54) is 0 Å². The highest BCUT2D eigenvalue weighted by molar-refractivity contribution is 5.91. The maximum Gasteiger partial charge on any atom is 0.405 e. The van der Waals surface area contributed by atoms with Gasteiger partial charge in [0.25, 0.3) is 12.4 Å². The Hall–Kier alpha value is -3.61. The quantitative estimate of drug-likeness (QED) is 0.344. The fourth-order valence-electron chi connectivity index (χ4n) is 4.09. The molecule has 0 aliphatic carbocycles. The molecule has 0 fully saturated rings. The first-order valence-corrected chi connectivity index (χ1v) is 12.4. The van der Waals surface area contributed by atoms with Crippen LogP contribution in [0.2, 0.25) is 0 Å². The van der Waals surface area contributed by atoms with E-state index in [0.29, 0.717) is 29.4 Å². The molecule has 1 aliphatic heterocycles. The Labute approximate surface area is 214 Å². The molecule has 7 nitrogen and oxygen atoms in total. The molecule has 3 aromatic rings. The molecule has 0 radical (unpaired) electrons. The Kier molecular flexibility index (Phi) is 7.44. The molecule has 0 saturated carbocycles. The molecule has 0 saturated heterocycles. The van der Waals surface area contributed by atoms with Gasteiger partial charge in [-0.15, -0.1) is 5.10 Å². The van der Waals surface area contributed by atoms with Crippen molar-refractivity contribution in [2.75, 3.05) is 23.7 Å². The second-order valence-corrected chi connectivity index (χ2v) is 10.7. The molecule has 10 heteroatoms. The van der Waals surface area contributed by atoms with Crippen molar-refractivity contribution in [2.45, 2.75) is 65.1 Å². The number of hydrogen-bond acceptors (Lipinski definition) is 6. The van der Waals surface area contributed by atoms with Crippen LogP contribution in [0.3, 0.4) is 0 Å². The zero-order valence-corrected chi connectivity index (χ0v) is 21.7. The van der Waals surface area contributed by atoms with Crippen molar-refractivity contribution in [2.24, 2.45) is 5.92 Å². The van der Waals surface area contributed by atoms with Gasteiger partial charge in [0.15, 0.2) is 0 Å². The van der Waals surface area contributed by atoms with Gasteiger partial charge < -0.3 is 15.1 Å². The van der Waals surface area contributed by atoms with Crippen molar-refractivity contribution >= 4 is 22.6 Å². The number of nitrogens with zero attached hydrogens (tertiary/aromatic N) is 4. The van der Waals surface area contributed by atoms with Crippen molar-refractivity contribution in [3.63, 3.8) is 0 Å². The van der Waals surface area contributed by atoms with Gasteiger partial charge in [-0.1, -0.05) is 44.6 Å². The highest BCUT2D eigenvalue weighted by Gasteiger charge is 2.28. The number of benzene rings is 1. The summed E-state index contributed by atoms with van der Waals surface area (Å²) in [6.45, 7) is 9.74. The molecule has 0 amide bonds. The van der Waals surface area contributed by atoms with E-state index >= 15 is 0 Å². The van der Waals surface area contributed by atoms with Crippen LogP contribution in [0.25, 0.3) is 27.3 Å². The smallest absolute Gasteiger partial charge is 0.402 e. The molecule has 2 N–H and O–H groups in total. The first-order valence-electron chi connectivity index (χ1n) is 12.4. The Morgan fingerprint density at radius 2 is 1.95 bits per heavy atom. The molecule has 2 aromatic heterocycles. The van der Waals surface area contributed by atoms with Crippen LogP contribution in [0.4, 0.5) is 24.9 Å². The number of aromatic nitrogens is 3. The van der Waals surface area contributed by atoms with E-state index in [1.807, 2.05) is 32.9 Å². The van der Waals surface area contributed by atoms with Gasteiger partial charge in [-0.3, -0.25) is 0 Å². The van der Waals surface area contributed by atoms with Gasteiger partial charge in [0.05, 0.1) is 11.6 Å². The minimum Gasteiger partial charge on any atom is -0.402 e. The molecule has 37 heavy (non-hydrogen) atoms. The zero-order valence-electron chi connectivity index (χ0n) is 21.7. The molecule has 1 aromatic carbocycles. The second-order valence-electron chi connectivity index (χ2n) is 10.7. The summed E-state index contributed by atoms with van der Waals surface area (Å²) in [4.78, 5) is 8.99.